The summed E-state index contributed by atoms with van der Waals surface area (Å²) in [4.78, 5) is 0. The maximum Gasteiger partial charge on any atom is 0.104 e. The first-order valence-corrected chi connectivity index (χ1v) is 28.5. The summed E-state index contributed by atoms with van der Waals surface area (Å²) in [6.07, 6.45) is 70.1. The van der Waals surface area contributed by atoms with Gasteiger partial charge in [0.05, 0.1) is 19.6 Å². The first kappa shape index (κ1) is 58.4. The van der Waals surface area contributed by atoms with Gasteiger partial charge >= 0.3 is 0 Å². The van der Waals surface area contributed by atoms with E-state index >= 15 is 0 Å². The molecule has 0 saturated heterocycles. The molecular formula is C61H112N+. The van der Waals surface area contributed by atoms with Crippen LogP contribution in [0.15, 0.2) is 68.3 Å². The SMILES string of the molecule is C=CCCCCCCCCCCCCCCCC[N+](CCCCCCCCCCCCCCCCC=C)(CCCCCCCCCCCCCCCCC=C)Cc1ccccc1. The zero-order chi connectivity index (χ0) is 44.4. The molecule has 0 amide bonds. The van der Waals surface area contributed by atoms with E-state index in [4.69, 9.17) is 0 Å². The van der Waals surface area contributed by atoms with Gasteiger partial charge in [-0.2, -0.15) is 0 Å². The number of unbranched alkanes of at least 4 members (excludes halogenated alkanes) is 42. The van der Waals surface area contributed by atoms with Gasteiger partial charge in [-0.3, -0.25) is 0 Å². The molecule has 0 unspecified atom stereocenters. The average Bonchev–Trinajstić information content (AvgIpc) is 3.29. The van der Waals surface area contributed by atoms with E-state index in [-0.39, 0.29) is 0 Å². The Morgan fingerprint density at radius 2 is 0.452 bits per heavy atom. The number of quaternary nitrogens is 1. The minimum Gasteiger partial charge on any atom is -0.320 e. The van der Waals surface area contributed by atoms with E-state index in [0.717, 1.165) is 0 Å². The maximum absolute atomic E-state index is 3.85. The molecule has 0 atom stereocenters. The van der Waals surface area contributed by atoms with Crippen LogP contribution in [-0.4, -0.2) is 24.1 Å². The molecule has 0 fully saturated rings. The molecule has 0 spiro atoms. The van der Waals surface area contributed by atoms with E-state index in [2.05, 4.69) is 68.3 Å². The number of benzene rings is 1. The van der Waals surface area contributed by atoms with Gasteiger partial charge in [0.2, 0.25) is 0 Å². The first-order chi connectivity index (χ1) is 30.8. The maximum atomic E-state index is 3.85. The predicted molar refractivity (Wildman–Crippen MR) is 283 cm³/mol. The van der Waals surface area contributed by atoms with Crippen molar-refractivity contribution < 1.29 is 4.48 Å². The van der Waals surface area contributed by atoms with Gasteiger partial charge in [-0.25, -0.2) is 0 Å². The second-order valence-corrected chi connectivity index (χ2v) is 20.2. The number of hydrogen-bond donors (Lipinski definition) is 0. The van der Waals surface area contributed by atoms with Gasteiger partial charge in [0.1, 0.15) is 6.54 Å². The van der Waals surface area contributed by atoms with Gasteiger partial charge in [0, 0.05) is 5.56 Å². The van der Waals surface area contributed by atoms with Crippen LogP contribution < -0.4 is 0 Å². The van der Waals surface area contributed by atoms with E-state index in [1.807, 2.05) is 0 Å². The van der Waals surface area contributed by atoms with E-state index in [1.54, 1.807) is 5.56 Å². The summed E-state index contributed by atoms with van der Waals surface area (Å²) < 4.78 is 1.35. The van der Waals surface area contributed by atoms with Crippen molar-refractivity contribution in [1.82, 2.24) is 0 Å². The summed E-state index contributed by atoms with van der Waals surface area (Å²) in [5, 5.41) is 0. The molecule has 0 saturated carbocycles. The molecule has 1 rings (SSSR count). The zero-order valence-electron chi connectivity index (χ0n) is 42.3. The third-order valence-electron chi connectivity index (χ3n) is 14.2. The molecule has 62 heavy (non-hydrogen) atoms. The summed E-state index contributed by atoms with van der Waals surface area (Å²) in [5.74, 6) is 0. The Morgan fingerprint density at radius 3 is 0.661 bits per heavy atom. The van der Waals surface area contributed by atoms with Gasteiger partial charge in [0.25, 0.3) is 0 Å². The number of allylic oxidation sites excluding steroid dienone is 3. The lowest BCUT2D eigenvalue weighted by atomic mass is 10.0. The van der Waals surface area contributed by atoms with Crippen molar-refractivity contribution in [3.63, 3.8) is 0 Å². The van der Waals surface area contributed by atoms with Crippen LogP contribution in [0.25, 0.3) is 0 Å². The molecule has 0 aliphatic rings. The van der Waals surface area contributed by atoms with Crippen LogP contribution in [0.4, 0.5) is 0 Å². The van der Waals surface area contributed by atoms with Crippen LogP contribution in [0.5, 0.6) is 0 Å². The van der Waals surface area contributed by atoms with Crippen molar-refractivity contribution in [3.8, 4) is 0 Å². The van der Waals surface area contributed by atoms with Crippen molar-refractivity contribution in [2.75, 3.05) is 19.6 Å². The largest absolute Gasteiger partial charge is 0.320 e. The highest BCUT2D eigenvalue weighted by molar-refractivity contribution is 5.13. The molecule has 1 heteroatoms. The van der Waals surface area contributed by atoms with E-state index in [9.17, 15) is 0 Å². The molecule has 0 radical (unpaired) electrons. The predicted octanol–water partition coefficient (Wildman–Crippen LogP) is 21.1. The van der Waals surface area contributed by atoms with E-state index < -0.39 is 0 Å². The molecule has 1 aromatic rings. The topological polar surface area (TPSA) is 0 Å². The highest BCUT2D eigenvalue weighted by Crippen LogP contribution is 2.24. The monoisotopic (exact) mass is 859 g/mol. The Hall–Kier alpha value is -1.60. The summed E-state index contributed by atoms with van der Waals surface area (Å²) in [6.45, 7) is 17.0. The molecule has 1 aromatic carbocycles. The standard InChI is InChI=1S/C61H112N/c1-4-7-10-13-16-19-22-25-28-31-34-37-40-43-46-52-57-62(60-61-55-50-49-51-56-61,58-53-47-44-41-38-35-32-29-26-23-20-17-14-11-8-5-2)59-54-48-45-42-39-36-33-30-27-24-21-18-15-12-9-6-3/h4-6,49-51,55-56H,1-3,7-48,52-54,57-60H2/q+1. The quantitative estimate of drug-likeness (QED) is 0.0348. The van der Waals surface area contributed by atoms with Crippen LogP contribution in [0, 0.1) is 0 Å². The minimum atomic E-state index is 1.20. The normalized spacial score (nSPS) is 11.7. The fourth-order valence-corrected chi connectivity index (χ4v) is 10.1. The zero-order valence-corrected chi connectivity index (χ0v) is 42.3. The van der Waals surface area contributed by atoms with Crippen molar-refractivity contribution in [2.24, 2.45) is 0 Å². The summed E-state index contributed by atoms with van der Waals surface area (Å²) in [5.41, 5.74) is 1.57. The Balaban J connectivity index is 2.46. The summed E-state index contributed by atoms with van der Waals surface area (Å²) in [7, 11) is 0. The summed E-state index contributed by atoms with van der Waals surface area (Å²) >= 11 is 0. The molecule has 1 nitrogen and oxygen atoms in total. The molecule has 0 aliphatic heterocycles. The Bertz CT molecular complexity index is 927. The lowest BCUT2D eigenvalue weighted by Gasteiger charge is -2.39. The van der Waals surface area contributed by atoms with Gasteiger partial charge in [-0.05, 0) is 77.0 Å². The second kappa shape index (κ2) is 48.8. The van der Waals surface area contributed by atoms with Crippen LogP contribution in [0.2, 0.25) is 0 Å². The average molecular weight is 860 g/mol. The van der Waals surface area contributed by atoms with Gasteiger partial charge < -0.3 is 4.48 Å². The molecule has 0 bridgehead atoms. The van der Waals surface area contributed by atoms with Gasteiger partial charge in [0.15, 0.2) is 0 Å². The summed E-state index contributed by atoms with van der Waals surface area (Å²) in [6, 6.07) is 11.6. The fourth-order valence-electron chi connectivity index (χ4n) is 10.1. The second-order valence-electron chi connectivity index (χ2n) is 20.2. The van der Waals surface area contributed by atoms with Crippen LogP contribution >= 0.6 is 0 Å². The first-order valence-electron chi connectivity index (χ1n) is 28.5. The Morgan fingerprint density at radius 1 is 0.258 bits per heavy atom. The van der Waals surface area contributed by atoms with Crippen LogP contribution in [0.1, 0.15) is 295 Å². The van der Waals surface area contributed by atoms with Gasteiger partial charge in [-0.1, -0.05) is 260 Å². The molecular weight excluding hydrogens is 747 g/mol. The molecule has 0 heterocycles. The lowest BCUT2D eigenvalue weighted by molar-refractivity contribution is -0.941. The lowest BCUT2D eigenvalue weighted by Crippen LogP contribution is -2.49. The highest BCUT2D eigenvalue weighted by Gasteiger charge is 2.26. The molecule has 0 aromatic heterocycles. The van der Waals surface area contributed by atoms with Crippen molar-refractivity contribution >= 4 is 0 Å². The number of hydrogen-bond acceptors (Lipinski definition) is 0. The minimum absolute atomic E-state index is 1.20. The van der Waals surface area contributed by atoms with Crippen molar-refractivity contribution in [3.05, 3.63) is 73.9 Å². The van der Waals surface area contributed by atoms with E-state index in [0.29, 0.717) is 0 Å². The number of rotatable bonds is 53. The van der Waals surface area contributed by atoms with Crippen molar-refractivity contribution in [1.29, 1.82) is 0 Å². The molecule has 0 N–H and O–H groups in total. The highest BCUT2D eigenvalue weighted by atomic mass is 15.3. The third kappa shape index (κ3) is 41.1. The fraction of sp³-hybridized carbons (Fsp3) is 0.803. The molecule has 0 aliphatic carbocycles. The molecule has 360 valence electrons. The Kier molecular flexibility index (Phi) is 46.0. The van der Waals surface area contributed by atoms with Crippen LogP contribution in [-0.2, 0) is 6.54 Å². The Labute approximate surface area is 391 Å². The van der Waals surface area contributed by atoms with Crippen molar-refractivity contribution in [2.45, 2.75) is 295 Å². The third-order valence-corrected chi connectivity index (χ3v) is 14.2. The van der Waals surface area contributed by atoms with E-state index in [1.165, 1.54) is 320 Å². The van der Waals surface area contributed by atoms with Crippen LogP contribution in [0.3, 0.4) is 0 Å². The van der Waals surface area contributed by atoms with Gasteiger partial charge in [-0.15, -0.1) is 19.7 Å². The number of nitrogens with zero attached hydrogens (tertiary/aromatic N) is 1. The smallest absolute Gasteiger partial charge is 0.104 e.